The maximum atomic E-state index is 14.5. The monoisotopic (exact) mass is 487 g/mol. The van der Waals surface area contributed by atoms with Gasteiger partial charge in [-0.2, -0.15) is 0 Å². The van der Waals surface area contributed by atoms with Crippen molar-refractivity contribution in [3.63, 3.8) is 0 Å². The number of carboxylic acid groups (broad SMARTS) is 1. The molecule has 1 aliphatic heterocycles. The zero-order chi connectivity index (χ0) is 24.7. The average molecular weight is 488 g/mol. The summed E-state index contributed by atoms with van der Waals surface area (Å²) < 4.78 is 24.6. The van der Waals surface area contributed by atoms with E-state index in [1.54, 1.807) is 35.2 Å². The molecule has 0 aliphatic carbocycles. The Balaban J connectivity index is 1.77. The summed E-state index contributed by atoms with van der Waals surface area (Å²) in [4.78, 5) is 38.5. The van der Waals surface area contributed by atoms with Gasteiger partial charge in [0.1, 0.15) is 17.6 Å². The largest absolute Gasteiger partial charge is 0.497 e. The number of ketones is 1. The quantitative estimate of drug-likeness (QED) is 0.325. The lowest BCUT2D eigenvalue weighted by Crippen LogP contribution is -2.43. The highest BCUT2D eigenvalue weighted by molar-refractivity contribution is 8.00. The van der Waals surface area contributed by atoms with Crippen molar-refractivity contribution in [2.24, 2.45) is 0 Å². The van der Waals surface area contributed by atoms with Crippen LogP contribution in [0.4, 0.5) is 4.39 Å². The summed E-state index contributed by atoms with van der Waals surface area (Å²) in [7, 11) is 2.76. The fourth-order valence-corrected chi connectivity index (χ4v) is 5.08. The summed E-state index contributed by atoms with van der Waals surface area (Å²) in [6, 6.07) is 11.8. The third kappa shape index (κ3) is 6.24. The van der Waals surface area contributed by atoms with Gasteiger partial charge in [0.25, 0.3) is 0 Å². The molecule has 1 saturated heterocycles. The number of piperidine rings is 1. The molecule has 2 atom stereocenters. The predicted molar refractivity (Wildman–Crippen MR) is 127 cm³/mol. The van der Waals surface area contributed by atoms with E-state index in [0.29, 0.717) is 29.9 Å². The molecule has 0 spiro atoms. The Kier molecular flexibility index (Phi) is 8.84. The minimum atomic E-state index is -1.12. The smallest absolute Gasteiger partial charge is 0.328 e. The summed E-state index contributed by atoms with van der Waals surface area (Å²) in [5.74, 6) is -1.65. The molecule has 1 N–H and O–H groups in total. The molecule has 1 heterocycles. The number of carboxylic acids is 1. The van der Waals surface area contributed by atoms with Crippen LogP contribution in [0.3, 0.4) is 0 Å². The Morgan fingerprint density at radius 2 is 1.97 bits per heavy atom. The van der Waals surface area contributed by atoms with E-state index in [-0.39, 0.29) is 28.9 Å². The molecule has 1 aliphatic rings. The number of ether oxygens (including phenoxy) is 2. The lowest BCUT2D eigenvalue weighted by atomic mass is 9.98. The Labute approximate surface area is 201 Å². The molecule has 0 radical (unpaired) electrons. The molecule has 7 nitrogen and oxygen atoms in total. The van der Waals surface area contributed by atoms with Crippen LogP contribution >= 0.6 is 11.8 Å². The van der Waals surface area contributed by atoms with Crippen molar-refractivity contribution in [2.75, 3.05) is 33.1 Å². The zero-order valence-electron chi connectivity index (χ0n) is 18.9. The summed E-state index contributed by atoms with van der Waals surface area (Å²) in [6.07, 6.45) is 1.59. The molecule has 0 saturated carbocycles. The second-order valence-corrected chi connectivity index (χ2v) is 8.91. The van der Waals surface area contributed by atoms with E-state index in [2.05, 4.69) is 0 Å². The van der Waals surface area contributed by atoms with Crippen LogP contribution < -0.4 is 4.74 Å². The van der Waals surface area contributed by atoms with E-state index in [1.165, 1.54) is 44.2 Å². The second-order valence-electron chi connectivity index (χ2n) is 7.72. The number of thioether (sulfide) groups is 1. The van der Waals surface area contributed by atoms with Crippen LogP contribution in [0.2, 0.25) is 0 Å². The van der Waals surface area contributed by atoms with Crippen LogP contribution in [-0.4, -0.2) is 66.0 Å². The molecule has 0 unspecified atom stereocenters. The van der Waals surface area contributed by atoms with E-state index in [4.69, 9.17) is 9.47 Å². The van der Waals surface area contributed by atoms with Gasteiger partial charge < -0.3 is 14.6 Å². The van der Waals surface area contributed by atoms with E-state index in [1.807, 2.05) is 0 Å². The molecular weight excluding hydrogens is 461 g/mol. The standard InChI is InChI=1S/C25H26FNO6S/c1-32-18-7-5-6-16(12-18)21(28)15-34-22-10-11-27(14-17(22)13-23(29)30)24(25(31)33-2)19-8-3-4-9-20(19)26/h3-9,12-13,22,24H,10-11,14-15H2,1-2H3,(H,29,30)/b17-13+/t22-,24+/m1/s1. The molecule has 0 bridgehead atoms. The number of carbonyl (C=O) groups is 3. The van der Waals surface area contributed by atoms with Crippen LogP contribution in [-0.2, 0) is 14.3 Å². The van der Waals surface area contributed by atoms with Crippen molar-refractivity contribution in [3.05, 3.63) is 77.1 Å². The Morgan fingerprint density at radius 1 is 1.21 bits per heavy atom. The first-order valence-corrected chi connectivity index (χ1v) is 11.7. The minimum Gasteiger partial charge on any atom is -0.497 e. The first-order valence-electron chi connectivity index (χ1n) is 10.6. The van der Waals surface area contributed by atoms with Crippen molar-refractivity contribution >= 4 is 29.5 Å². The predicted octanol–water partition coefficient (Wildman–Crippen LogP) is 3.75. The first-order chi connectivity index (χ1) is 16.3. The lowest BCUT2D eigenvalue weighted by Gasteiger charge is -2.37. The third-order valence-corrected chi connectivity index (χ3v) is 6.95. The number of hydrogen-bond donors (Lipinski definition) is 1. The van der Waals surface area contributed by atoms with Crippen molar-refractivity contribution in [2.45, 2.75) is 17.7 Å². The first kappa shape index (κ1) is 25.5. The van der Waals surface area contributed by atoms with Crippen molar-refractivity contribution in [3.8, 4) is 5.75 Å². The number of rotatable bonds is 9. The number of benzene rings is 2. The highest BCUT2D eigenvalue weighted by Crippen LogP contribution is 2.34. The van der Waals surface area contributed by atoms with E-state index < -0.39 is 23.8 Å². The highest BCUT2D eigenvalue weighted by atomic mass is 32.2. The lowest BCUT2D eigenvalue weighted by molar-refractivity contribution is -0.147. The Morgan fingerprint density at radius 3 is 2.65 bits per heavy atom. The molecule has 34 heavy (non-hydrogen) atoms. The maximum absolute atomic E-state index is 14.5. The molecule has 9 heteroatoms. The average Bonchev–Trinajstić information content (AvgIpc) is 2.84. The SMILES string of the molecule is COC(=O)[C@H](c1ccccc1F)N1CC[C@@H](SCC(=O)c2cccc(OC)c2)/C(=C/C(=O)O)C1. The number of esters is 1. The number of Topliss-reactive ketones (excluding diaryl/α,β-unsaturated/α-hetero) is 1. The zero-order valence-corrected chi connectivity index (χ0v) is 19.7. The van der Waals surface area contributed by atoms with Gasteiger partial charge in [-0.05, 0) is 30.2 Å². The van der Waals surface area contributed by atoms with Gasteiger partial charge in [-0.1, -0.05) is 30.3 Å². The summed E-state index contributed by atoms with van der Waals surface area (Å²) in [5, 5.41) is 9.17. The minimum absolute atomic E-state index is 0.0974. The molecule has 0 amide bonds. The molecule has 1 fully saturated rings. The van der Waals surface area contributed by atoms with Gasteiger partial charge in [0.15, 0.2) is 5.78 Å². The Bertz CT molecular complexity index is 1090. The number of carbonyl (C=O) groups excluding carboxylic acids is 2. The van der Waals surface area contributed by atoms with Crippen LogP contribution in [0.25, 0.3) is 0 Å². The van der Waals surface area contributed by atoms with Crippen molar-refractivity contribution in [1.82, 2.24) is 4.90 Å². The fourth-order valence-electron chi connectivity index (χ4n) is 3.93. The molecule has 2 aromatic carbocycles. The van der Waals surface area contributed by atoms with E-state index >= 15 is 0 Å². The van der Waals surface area contributed by atoms with Gasteiger partial charge in [-0.25, -0.2) is 14.0 Å². The number of hydrogen-bond acceptors (Lipinski definition) is 7. The van der Waals surface area contributed by atoms with Gasteiger partial charge in [0.05, 0.1) is 20.0 Å². The molecule has 180 valence electrons. The van der Waals surface area contributed by atoms with Crippen LogP contribution in [0, 0.1) is 5.82 Å². The van der Waals surface area contributed by atoms with Gasteiger partial charge in [-0.15, -0.1) is 11.8 Å². The Hall–Kier alpha value is -3.17. The number of aliphatic carboxylic acids is 1. The fraction of sp³-hybridized carbons (Fsp3) is 0.320. The van der Waals surface area contributed by atoms with Gasteiger partial charge in [0, 0.05) is 35.5 Å². The van der Waals surface area contributed by atoms with Gasteiger partial charge in [-0.3, -0.25) is 9.69 Å². The normalized spacial score (nSPS) is 18.3. The summed E-state index contributed by atoms with van der Waals surface area (Å²) >= 11 is 1.35. The molecular formula is C25H26FNO6S. The number of nitrogens with zero attached hydrogens (tertiary/aromatic N) is 1. The van der Waals surface area contributed by atoms with Crippen LogP contribution in [0.5, 0.6) is 5.75 Å². The van der Waals surface area contributed by atoms with Crippen LogP contribution in [0.1, 0.15) is 28.4 Å². The molecule has 0 aromatic heterocycles. The third-order valence-electron chi connectivity index (χ3n) is 5.58. The van der Waals surface area contributed by atoms with Crippen molar-refractivity contribution in [1.29, 1.82) is 0 Å². The number of methoxy groups -OCH3 is 2. The highest BCUT2D eigenvalue weighted by Gasteiger charge is 2.36. The van der Waals surface area contributed by atoms with E-state index in [0.717, 1.165) is 6.08 Å². The van der Waals surface area contributed by atoms with Crippen LogP contribution in [0.15, 0.2) is 60.2 Å². The molecule has 3 rings (SSSR count). The number of halogens is 1. The van der Waals surface area contributed by atoms with Gasteiger partial charge in [0.2, 0.25) is 0 Å². The topological polar surface area (TPSA) is 93.1 Å². The second kappa shape index (κ2) is 11.8. The number of likely N-dealkylation sites (tertiary alicyclic amines) is 1. The summed E-state index contributed by atoms with van der Waals surface area (Å²) in [5.41, 5.74) is 1.23. The summed E-state index contributed by atoms with van der Waals surface area (Å²) in [6.45, 7) is 0.529. The van der Waals surface area contributed by atoms with Gasteiger partial charge >= 0.3 is 11.9 Å². The van der Waals surface area contributed by atoms with E-state index in [9.17, 15) is 23.9 Å². The van der Waals surface area contributed by atoms with Crippen molar-refractivity contribution < 1.29 is 33.4 Å². The molecule has 2 aromatic rings. The maximum Gasteiger partial charge on any atom is 0.328 e.